The van der Waals surface area contributed by atoms with Crippen LogP contribution in [0.4, 0.5) is 4.79 Å². The predicted molar refractivity (Wildman–Crippen MR) is 48.5 cm³/mol. The Morgan fingerprint density at radius 1 is 1.40 bits per heavy atom. The minimum Gasteiger partial charge on any atom is -0.548 e. The van der Waals surface area contributed by atoms with Crippen molar-refractivity contribution in [1.29, 1.82) is 0 Å². The van der Waals surface area contributed by atoms with Gasteiger partial charge in [0.25, 0.3) is 0 Å². The third kappa shape index (κ3) is 8.72. The summed E-state index contributed by atoms with van der Waals surface area (Å²) in [5, 5.41) is 12.6. The summed E-state index contributed by atoms with van der Waals surface area (Å²) in [7, 11) is 0. The van der Waals surface area contributed by atoms with Gasteiger partial charge in [0, 0.05) is 0 Å². The standard InChI is InChI=1S/C9H17NO4.Na/c1-5-6(7(11)12)10-8(13)14-9(2,3)4;/h6H,5H2,1-4H3,(H,10,13)(H,11,12);/q;+1/p-1. The van der Waals surface area contributed by atoms with Gasteiger partial charge in [-0.2, -0.15) is 0 Å². The molecule has 0 spiro atoms. The number of rotatable bonds is 3. The molecule has 82 valence electrons. The van der Waals surface area contributed by atoms with Crippen molar-refractivity contribution in [2.24, 2.45) is 0 Å². The van der Waals surface area contributed by atoms with Crippen molar-refractivity contribution in [1.82, 2.24) is 5.32 Å². The van der Waals surface area contributed by atoms with Crippen LogP contribution in [0.1, 0.15) is 34.1 Å². The third-order valence-electron chi connectivity index (χ3n) is 1.38. The number of nitrogens with one attached hydrogen (secondary N) is 1. The molecule has 0 aromatic rings. The van der Waals surface area contributed by atoms with Crippen LogP contribution < -0.4 is 40.0 Å². The molecule has 0 heterocycles. The molecule has 0 aliphatic carbocycles. The Balaban J connectivity index is 0. The number of carboxylic acids is 1. The predicted octanol–water partition coefficient (Wildman–Crippen LogP) is -2.96. The maximum absolute atomic E-state index is 11.1. The van der Waals surface area contributed by atoms with E-state index in [1.807, 2.05) is 0 Å². The van der Waals surface area contributed by atoms with Crippen molar-refractivity contribution >= 4 is 12.1 Å². The molecule has 0 saturated carbocycles. The Hall–Kier alpha value is -0.260. The molecule has 0 aliphatic rings. The zero-order valence-electron chi connectivity index (χ0n) is 9.92. The fourth-order valence-electron chi connectivity index (χ4n) is 0.777. The van der Waals surface area contributed by atoms with Crippen LogP contribution in [0.25, 0.3) is 0 Å². The molecule has 1 amide bonds. The van der Waals surface area contributed by atoms with Crippen LogP contribution in [-0.4, -0.2) is 23.7 Å². The molecule has 0 bridgehead atoms. The average Bonchev–Trinajstić information content (AvgIpc) is 1.96. The first-order chi connectivity index (χ1) is 6.26. The van der Waals surface area contributed by atoms with Gasteiger partial charge < -0.3 is 20.0 Å². The van der Waals surface area contributed by atoms with Gasteiger partial charge >= 0.3 is 35.7 Å². The third-order valence-corrected chi connectivity index (χ3v) is 1.38. The monoisotopic (exact) mass is 225 g/mol. The SMILES string of the molecule is CCC(NC(=O)OC(C)(C)C)C(=O)[O-].[Na+]. The van der Waals surface area contributed by atoms with Crippen molar-refractivity contribution in [3.63, 3.8) is 0 Å². The molecular formula is C9H16NNaO4. The van der Waals surface area contributed by atoms with Gasteiger partial charge in [0.05, 0.1) is 12.0 Å². The molecule has 0 radical (unpaired) electrons. The van der Waals surface area contributed by atoms with E-state index in [-0.39, 0.29) is 36.0 Å². The van der Waals surface area contributed by atoms with Gasteiger partial charge in [0.1, 0.15) is 5.60 Å². The van der Waals surface area contributed by atoms with E-state index in [2.05, 4.69) is 5.32 Å². The number of amides is 1. The van der Waals surface area contributed by atoms with Gasteiger partial charge in [-0.25, -0.2) is 4.79 Å². The van der Waals surface area contributed by atoms with E-state index in [1.165, 1.54) is 0 Å². The van der Waals surface area contributed by atoms with Gasteiger partial charge in [0.2, 0.25) is 0 Å². The number of aliphatic carboxylic acids is 1. The summed E-state index contributed by atoms with van der Waals surface area (Å²) in [6.45, 7) is 6.74. The number of carbonyl (C=O) groups excluding carboxylic acids is 2. The Morgan fingerprint density at radius 2 is 1.87 bits per heavy atom. The summed E-state index contributed by atoms with van der Waals surface area (Å²) >= 11 is 0. The van der Waals surface area contributed by atoms with Crippen molar-refractivity contribution in [2.45, 2.75) is 45.8 Å². The molecule has 5 nitrogen and oxygen atoms in total. The fourth-order valence-corrected chi connectivity index (χ4v) is 0.777. The first-order valence-electron chi connectivity index (χ1n) is 4.46. The summed E-state index contributed by atoms with van der Waals surface area (Å²) in [4.78, 5) is 21.6. The Labute approximate surface area is 112 Å². The van der Waals surface area contributed by atoms with Crippen molar-refractivity contribution in [3.05, 3.63) is 0 Å². The maximum atomic E-state index is 11.1. The van der Waals surface area contributed by atoms with E-state index in [1.54, 1.807) is 27.7 Å². The first kappa shape index (κ1) is 17.1. The summed E-state index contributed by atoms with van der Waals surface area (Å²) < 4.78 is 4.88. The molecule has 0 fully saturated rings. The van der Waals surface area contributed by atoms with Crippen molar-refractivity contribution in [2.75, 3.05) is 0 Å². The van der Waals surface area contributed by atoms with E-state index < -0.39 is 23.7 Å². The van der Waals surface area contributed by atoms with Crippen molar-refractivity contribution in [3.8, 4) is 0 Å². The molecule has 1 N–H and O–H groups in total. The maximum Gasteiger partial charge on any atom is 1.00 e. The van der Waals surface area contributed by atoms with Gasteiger partial charge in [-0.15, -0.1) is 0 Å². The first-order valence-corrected chi connectivity index (χ1v) is 4.46. The second-order valence-corrected chi connectivity index (χ2v) is 3.93. The van der Waals surface area contributed by atoms with Crippen LogP contribution in [0, 0.1) is 0 Å². The number of carboxylic acid groups (broad SMARTS) is 1. The number of hydrogen-bond acceptors (Lipinski definition) is 4. The van der Waals surface area contributed by atoms with Crippen LogP contribution in [0.2, 0.25) is 0 Å². The molecule has 0 aromatic carbocycles. The zero-order valence-corrected chi connectivity index (χ0v) is 11.9. The Bertz CT molecular complexity index is 225. The number of hydrogen-bond donors (Lipinski definition) is 1. The molecular weight excluding hydrogens is 209 g/mol. The van der Waals surface area contributed by atoms with Gasteiger partial charge in [0.15, 0.2) is 0 Å². The van der Waals surface area contributed by atoms with Gasteiger partial charge in [-0.1, -0.05) is 6.92 Å². The molecule has 0 aliphatic heterocycles. The van der Waals surface area contributed by atoms with E-state index in [0.29, 0.717) is 0 Å². The van der Waals surface area contributed by atoms with E-state index in [9.17, 15) is 14.7 Å². The zero-order chi connectivity index (χ0) is 11.4. The summed E-state index contributed by atoms with van der Waals surface area (Å²) in [5.41, 5.74) is -0.631. The van der Waals surface area contributed by atoms with E-state index in [4.69, 9.17) is 4.74 Å². The van der Waals surface area contributed by atoms with Crippen LogP contribution in [-0.2, 0) is 9.53 Å². The topological polar surface area (TPSA) is 78.5 Å². The van der Waals surface area contributed by atoms with Crippen LogP contribution >= 0.6 is 0 Å². The van der Waals surface area contributed by atoms with Gasteiger partial charge in [-0.3, -0.25) is 0 Å². The molecule has 1 unspecified atom stereocenters. The average molecular weight is 225 g/mol. The molecule has 1 atom stereocenters. The normalized spacial score (nSPS) is 12.3. The summed E-state index contributed by atoms with van der Waals surface area (Å²) in [5.74, 6) is -1.31. The smallest absolute Gasteiger partial charge is 0.548 e. The number of ether oxygens (including phenoxy) is 1. The molecule has 0 saturated heterocycles. The minimum atomic E-state index is -1.31. The molecule has 0 rings (SSSR count). The fraction of sp³-hybridized carbons (Fsp3) is 0.778. The number of carbonyl (C=O) groups is 2. The summed E-state index contributed by atoms with van der Waals surface area (Å²) in [6.07, 6.45) is -0.477. The van der Waals surface area contributed by atoms with E-state index >= 15 is 0 Å². The quantitative estimate of drug-likeness (QED) is 0.521. The Morgan fingerprint density at radius 3 is 2.13 bits per heavy atom. The Kier molecular flexibility index (Phi) is 8.10. The molecule has 6 heteroatoms. The van der Waals surface area contributed by atoms with Crippen LogP contribution in [0.15, 0.2) is 0 Å². The molecule has 15 heavy (non-hydrogen) atoms. The number of alkyl carbamates (subject to hydrolysis) is 1. The minimum absolute atomic E-state index is 0. The largest absolute Gasteiger partial charge is 1.00 e. The second-order valence-electron chi connectivity index (χ2n) is 3.93. The second kappa shape index (κ2) is 7.09. The molecule has 0 aromatic heterocycles. The van der Waals surface area contributed by atoms with E-state index in [0.717, 1.165) is 0 Å². The van der Waals surface area contributed by atoms with Gasteiger partial charge in [-0.05, 0) is 27.2 Å². The van der Waals surface area contributed by atoms with Crippen LogP contribution in [0.3, 0.4) is 0 Å². The van der Waals surface area contributed by atoms with Crippen molar-refractivity contribution < 1.29 is 49.0 Å². The van der Waals surface area contributed by atoms with Crippen LogP contribution in [0.5, 0.6) is 0 Å². The summed E-state index contributed by atoms with van der Waals surface area (Å²) in [6, 6.07) is -0.996.